The third kappa shape index (κ3) is 8.89. The lowest BCUT2D eigenvalue weighted by molar-refractivity contribution is -0.130. The van der Waals surface area contributed by atoms with Crippen LogP contribution in [0.2, 0.25) is 0 Å². The van der Waals surface area contributed by atoms with Gasteiger partial charge in [-0.2, -0.15) is 5.10 Å². The van der Waals surface area contributed by atoms with Crippen molar-refractivity contribution < 1.29 is 37.0 Å². The van der Waals surface area contributed by atoms with Crippen LogP contribution in [0.1, 0.15) is 57.4 Å². The summed E-state index contributed by atoms with van der Waals surface area (Å²) in [5.74, 6) is -0.576. The summed E-state index contributed by atoms with van der Waals surface area (Å²) in [7, 11) is -0.672. The molecule has 0 radical (unpaired) electrons. The number of aromatic nitrogens is 3. The summed E-state index contributed by atoms with van der Waals surface area (Å²) in [6.07, 6.45) is 11.1. The van der Waals surface area contributed by atoms with Crippen molar-refractivity contribution in [3.05, 3.63) is 48.3 Å². The maximum Gasteiger partial charge on any atom is 0.317 e. The first kappa shape index (κ1) is 40.5. The van der Waals surface area contributed by atoms with Crippen LogP contribution in [-0.2, 0) is 30.9 Å². The van der Waals surface area contributed by atoms with Gasteiger partial charge in [-0.25, -0.2) is 18.2 Å². The Morgan fingerprint density at radius 3 is 2.65 bits per heavy atom. The van der Waals surface area contributed by atoms with Crippen molar-refractivity contribution in [2.24, 2.45) is 5.92 Å². The molecule has 4 heterocycles. The van der Waals surface area contributed by atoms with Gasteiger partial charge in [0.05, 0.1) is 55.6 Å². The van der Waals surface area contributed by atoms with Gasteiger partial charge in [0.15, 0.2) is 0 Å². The molecule has 16 nitrogen and oxygen atoms in total. The molecule has 2 aromatic heterocycles. The molecule has 4 amide bonds. The number of hydrogen-bond donors (Lipinski definition) is 3. The van der Waals surface area contributed by atoms with E-state index in [2.05, 4.69) is 25.4 Å². The highest BCUT2D eigenvalue weighted by Gasteiger charge is 2.62. The van der Waals surface area contributed by atoms with Gasteiger partial charge in [-0.15, -0.1) is 0 Å². The number of nitrogens with one attached hydrogen (secondary N) is 3. The van der Waals surface area contributed by atoms with Gasteiger partial charge in [-0.05, 0) is 64.5 Å². The Morgan fingerprint density at radius 1 is 1.11 bits per heavy atom. The molecule has 3 fully saturated rings. The van der Waals surface area contributed by atoms with Gasteiger partial charge < -0.3 is 29.7 Å². The molecule has 3 aromatic rings. The lowest BCUT2D eigenvalue weighted by atomic mass is 10.1. The molecule has 1 saturated heterocycles. The van der Waals surface area contributed by atoms with E-state index in [1.54, 1.807) is 27.3 Å². The first-order valence-electron chi connectivity index (χ1n) is 19.8. The molecule has 0 unspecified atom stereocenters. The van der Waals surface area contributed by atoms with E-state index >= 15 is 0 Å². The van der Waals surface area contributed by atoms with Crippen molar-refractivity contribution in [2.45, 2.75) is 81.7 Å². The fourth-order valence-corrected chi connectivity index (χ4v) is 8.72. The number of methoxy groups -OCH3 is 1. The number of nitrogens with zero attached hydrogens (tertiary/aromatic N) is 5. The fraction of sp³-hybridized carbons (Fsp3) is 0.575. The van der Waals surface area contributed by atoms with Crippen molar-refractivity contribution in [3.63, 3.8) is 0 Å². The zero-order chi connectivity index (χ0) is 40.4. The van der Waals surface area contributed by atoms with Crippen LogP contribution >= 0.6 is 0 Å². The molecule has 3 atom stereocenters. The number of amides is 4. The summed E-state index contributed by atoms with van der Waals surface area (Å²) in [4.78, 5) is 50.1. The van der Waals surface area contributed by atoms with Crippen molar-refractivity contribution in [2.75, 3.05) is 60.2 Å². The quantitative estimate of drug-likeness (QED) is 0.229. The number of sulfonamides is 1. The van der Waals surface area contributed by atoms with E-state index in [0.717, 1.165) is 68.6 Å². The number of rotatable bonds is 12. The van der Waals surface area contributed by atoms with E-state index in [9.17, 15) is 22.8 Å². The third-order valence-corrected chi connectivity index (χ3v) is 13.9. The van der Waals surface area contributed by atoms with Crippen LogP contribution in [0.25, 0.3) is 22.2 Å². The van der Waals surface area contributed by atoms with Gasteiger partial charge in [0.1, 0.15) is 23.1 Å². The highest BCUT2D eigenvalue weighted by Crippen LogP contribution is 2.47. The molecule has 3 N–H and O–H groups in total. The number of hydrogen-bond acceptors (Lipinski definition) is 11. The maximum absolute atomic E-state index is 14.1. The van der Waals surface area contributed by atoms with Gasteiger partial charge in [0, 0.05) is 74.3 Å². The second-order valence-corrected chi connectivity index (χ2v) is 18.1. The van der Waals surface area contributed by atoms with E-state index in [1.165, 1.54) is 4.90 Å². The Balaban J connectivity index is 1.12. The summed E-state index contributed by atoms with van der Waals surface area (Å²) in [6.45, 7) is 8.85. The molecule has 1 aromatic carbocycles. The van der Waals surface area contributed by atoms with Crippen LogP contribution in [0, 0.1) is 12.8 Å². The minimum atomic E-state index is -3.95. The number of carbonyl (C=O) groups is 3. The van der Waals surface area contributed by atoms with Crippen molar-refractivity contribution in [1.82, 2.24) is 39.9 Å². The molecular weight excluding hydrogens is 753 g/mol. The molecule has 2 aliphatic carbocycles. The monoisotopic (exact) mass is 806 g/mol. The predicted molar refractivity (Wildman–Crippen MR) is 213 cm³/mol. The number of urea groups is 1. The zero-order valence-electron chi connectivity index (χ0n) is 33.2. The number of carbonyl (C=O) groups excluding carboxylic acids is 3. The number of allylic oxidation sites excluding steroid dienone is 1. The van der Waals surface area contributed by atoms with E-state index in [0.29, 0.717) is 48.6 Å². The van der Waals surface area contributed by atoms with Crippen LogP contribution < -0.4 is 24.8 Å². The molecule has 2 aliphatic heterocycles. The first-order chi connectivity index (χ1) is 27.3. The largest absolute Gasteiger partial charge is 0.496 e. The van der Waals surface area contributed by atoms with Crippen molar-refractivity contribution in [1.29, 1.82) is 0 Å². The Labute approximate surface area is 333 Å². The van der Waals surface area contributed by atoms with Crippen molar-refractivity contribution in [3.8, 4) is 22.8 Å². The maximum atomic E-state index is 14.1. The minimum absolute atomic E-state index is 0.0137. The van der Waals surface area contributed by atoms with E-state index in [-0.39, 0.29) is 19.4 Å². The van der Waals surface area contributed by atoms with E-state index in [4.69, 9.17) is 19.2 Å². The number of fused-ring (bicyclic) bond motifs is 2. The predicted octanol–water partition coefficient (Wildman–Crippen LogP) is 3.14. The Kier molecular flexibility index (Phi) is 11.8. The normalized spacial score (nSPS) is 24.7. The summed E-state index contributed by atoms with van der Waals surface area (Å²) in [6, 6.07) is 4.03. The molecule has 17 heteroatoms. The number of aryl methyl sites for hydroxylation is 1. The summed E-state index contributed by atoms with van der Waals surface area (Å²) in [5, 5.41) is 11.1. The Hall–Kier alpha value is -4.74. The molecular formula is C40H54N8O8S. The van der Waals surface area contributed by atoms with Gasteiger partial charge in [-0.1, -0.05) is 12.2 Å². The average Bonchev–Trinajstić information content (AvgIpc) is 4.07. The topological polar surface area (TPSA) is 186 Å². The van der Waals surface area contributed by atoms with Crippen LogP contribution in [0.15, 0.2) is 42.7 Å². The SMILES string of the molecule is COc1ccc2c(OCC[C@@H]3NC(=O)N(C)CCCC/C=C\[C@@H]4C[C@@]4(C(=O)NS(=O)(=O)C4(C)CC4)NC3=O)cc(-c3cnn(CCN4CCOCC4)c3)nc2c1C. The summed E-state index contributed by atoms with van der Waals surface area (Å²) < 4.78 is 46.9. The summed E-state index contributed by atoms with van der Waals surface area (Å²) >= 11 is 0. The molecule has 2 saturated carbocycles. The van der Waals surface area contributed by atoms with Gasteiger partial charge >= 0.3 is 6.03 Å². The van der Waals surface area contributed by atoms with Gasteiger partial charge in [-0.3, -0.25) is 23.9 Å². The minimum Gasteiger partial charge on any atom is -0.496 e. The smallest absolute Gasteiger partial charge is 0.317 e. The fourth-order valence-electron chi connectivity index (χ4n) is 7.41. The second-order valence-electron chi connectivity index (χ2n) is 15.9. The first-order valence-corrected chi connectivity index (χ1v) is 21.3. The molecule has 4 aliphatic rings. The summed E-state index contributed by atoms with van der Waals surface area (Å²) in [5.41, 5.74) is 1.50. The number of ether oxygens (including phenoxy) is 3. The van der Waals surface area contributed by atoms with Crippen LogP contribution in [0.5, 0.6) is 11.5 Å². The number of benzene rings is 1. The lowest BCUT2D eigenvalue weighted by Gasteiger charge is -2.26. The molecule has 7 rings (SSSR count). The van der Waals surface area contributed by atoms with Crippen molar-refractivity contribution >= 4 is 38.8 Å². The Morgan fingerprint density at radius 2 is 1.89 bits per heavy atom. The molecule has 0 bridgehead atoms. The van der Waals surface area contributed by atoms with Gasteiger partial charge in [0.25, 0.3) is 5.91 Å². The van der Waals surface area contributed by atoms with E-state index < -0.39 is 50.1 Å². The highest BCUT2D eigenvalue weighted by molar-refractivity contribution is 7.91. The number of morpholine rings is 1. The zero-order valence-corrected chi connectivity index (χ0v) is 34.0. The lowest BCUT2D eigenvalue weighted by Crippen LogP contribution is -2.58. The van der Waals surface area contributed by atoms with E-state index in [1.807, 2.05) is 48.2 Å². The Bertz CT molecular complexity index is 2130. The number of pyridine rings is 1. The molecule has 57 heavy (non-hydrogen) atoms. The second kappa shape index (κ2) is 16.6. The third-order valence-electron chi connectivity index (χ3n) is 11.7. The van der Waals surface area contributed by atoms with Crippen LogP contribution in [-0.4, -0.2) is 127 Å². The standard InChI is InChI=1S/C40H54N8O8S/c1-27-33(54-4)11-10-30-34(23-32(42-35(27)30)28-25-41-48(26-28)17-16-47-18-21-55-22-19-47)56-20-12-31-36(49)44-40(37(50)45-57(52,53)39(2)13-14-39)24-29(40)9-7-5-6-8-15-46(3)38(51)43-31/h7,9-11,23,25-26,29,31H,5-6,8,12-22,24H2,1-4H3,(H,43,51)(H,44,49)(H,45,50)/b9-7-/t29-,31+,40-/m1/s1. The molecule has 308 valence electrons. The van der Waals surface area contributed by atoms with Gasteiger partial charge in [0.2, 0.25) is 15.9 Å². The van der Waals surface area contributed by atoms with Crippen LogP contribution in [0.4, 0.5) is 4.79 Å². The average molecular weight is 807 g/mol. The van der Waals surface area contributed by atoms with Crippen LogP contribution in [0.3, 0.4) is 0 Å². The molecule has 0 spiro atoms. The highest BCUT2D eigenvalue weighted by atomic mass is 32.2.